The molecule has 0 aliphatic carbocycles. The summed E-state index contributed by atoms with van der Waals surface area (Å²) < 4.78 is 68.7. The fourth-order valence-electron chi connectivity index (χ4n) is 12.5. The summed E-state index contributed by atoms with van der Waals surface area (Å²) in [6, 6.07) is 0. The minimum absolute atomic E-state index is 0.107. The van der Waals surface area contributed by atoms with Gasteiger partial charge in [-0.2, -0.15) is 0 Å². The van der Waals surface area contributed by atoms with Gasteiger partial charge in [-0.3, -0.25) is 37.3 Å². The number of esters is 4. The molecule has 0 fully saturated rings. The predicted octanol–water partition coefficient (Wildman–Crippen LogP) is 24.3. The third kappa shape index (κ3) is 74.3. The molecule has 17 nitrogen and oxygen atoms in total. The highest BCUT2D eigenvalue weighted by Crippen LogP contribution is 2.45. The van der Waals surface area contributed by atoms with Crippen molar-refractivity contribution in [2.75, 3.05) is 39.6 Å². The molecule has 0 rings (SSSR count). The van der Waals surface area contributed by atoms with Gasteiger partial charge in [0.25, 0.3) is 0 Å². The Morgan fingerprint density at radius 3 is 0.680 bits per heavy atom. The van der Waals surface area contributed by atoms with Crippen LogP contribution in [0.25, 0.3) is 0 Å². The van der Waals surface area contributed by atoms with Crippen molar-refractivity contribution in [1.82, 2.24) is 0 Å². The molecule has 0 aliphatic heterocycles. The molecule has 2 unspecified atom stereocenters. The number of rotatable bonds is 80. The quantitative estimate of drug-likeness (QED) is 0.0222. The normalized spacial score (nSPS) is 13.9. The largest absolute Gasteiger partial charge is 0.472 e. The van der Waals surface area contributed by atoms with Crippen molar-refractivity contribution in [1.29, 1.82) is 0 Å². The first kappa shape index (κ1) is 98.1. The van der Waals surface area contributed by atoms with Crippen LogP contribution in [0.2, 0.25) is 0 Å². The third-order valence-electron chi connectivity index (χ3n) is 19.0. The number of aliphatic hydroxyl groups excluding tert-OH is 1. The van der Waals surface area contributed by atoms with Crippen LogP contribution < -0.4 is 0 Å². The molecule has 0 heterocycles. The number of hydrogen-bond donors (Lipinski definition) is 3. The monoisotopic (exact) mass is 1470 g/mol. The first-order chi connectivity index (χ1) is 48.4. The Morgan fingerprint density at radius 2 is 0.460 bits per heavy atom. The lowest BCUT2D eigenvalue weighted by molar-refractivity contribution is -0.161. The van der Waals surface area contributed by atoms with Crippen molar-refractivity contribution in [3.05, 3.63) is 0 Å². The second-order valence-electron chi connectivity index (χ2n) is 30.1. The zero-order chi connectivity index (χ0) is 73.5. The van der Waals surface area contributed by atoms with Gasteiger partial charge in [-0.25, -0.2) is 9.13 Å². The van der Waals surface area contributed by atoms with Crippen LogP contribution in [0.1, 0.15) is 427 Å². The van der Waals surface area contributed by atoms with Crippen LogP contribution >= 0.6 is 15.6 Å². The van der Waals surface area contributed by atoms with Crippen molar-refractivity contribution in [2.45, 2.75) is 445 Å². The molecular weight excluding hydrogens is 1310 g/mol. The molecule has 0 aliphatic rings. The molecule has 19 heteroatoms. The second kappa shape index (κ2) is 72.6. The Labute approximate surface area is 613 Å². The van der Waals surface area contributed by atoms with Gasteiger partial charge in [0.15, 0.2) is 12.2 Å². The van der Waals surface area contributed by atoms with Crippen LogP contribution in [-0.2, 0) is 65.4 Å². The highest BCUT2D eigenvalue weighted by Gasteiger charge is 2.30. The van der Waals surface area contributed by atoms with E-state index in [9.17, 15) is 43.2 Å². The summed E-state index contributed by atoms with van der Waals surface area (Å²) in [5.41, 5.74) is 0. The molecule has 100 heavy (non-hydrogen) atoms. The number of carbonyl (C=O) groups is 4. The van der Waals surface area contributed by atoms with Crippen LogP contribution in [0.15, 0.2) is 0 Å². The van der Waals surface area contributed by atoms with E-state index in [1.54, 1.807) is 0 Å². The van der Waals surface area contributed by atoms with E-state index >= 15 is 0 Å². The molecule has 0 saturated carbocycles. The van der Waals surface area contributed by atoms with Gasteiger partial charge in [-0.05, 0) is 37.5 Å². The highest BCUT2D eigenvalue weighted by molar-refractivity contribution is 7.47. The number of phosphoric acid groups is 2. The summed E-state index contributed by atoms with van der Waals surface area (Å²) in [7, 11) is -9.92. The summed E-state index contributed by atoms with van der Waals surface area (Å²) in [6.07, 6.45) is 62.4. The van der Waals surface area contributed by atoms with Gasteiger partial charge in [0, 0.05) is 25.7 Å². The standard InChI is InChI=1S/C81H158O17P2/c1-7-9-11-13-15-17-19-21-23-25-27-29-34-38-45-51-57-63-78(83)91-69-76(97-80(85)65-59-53-47-39-35-30-28-26-24-22-20-18-16-14-12-10-8-2)71-95-99(87,88)93-67-75(82)68-94-100(89,90)96-72-77(70-92-79(84)64-58-52-46-42-41-44-50-56-62-74(5)6)98-81(86)66-60-54-48-40-36-32-31-33-37-43-49-55-61-73(3)4/h73-77,82H,7-72H2,1-6H3,(H,87,88)(H,89,90)/t75-,76-,77-/m1/s1. The van der Waals surface area contributed by atoms with E-state index in [-0.39, 0.29) is 25.7 Å². The summed E-state index contributed by atoms with van der Waals surface area (Å²) in [5, 5.41) is 10.6. The van der Waals surface area contributed by atoms with E-state index in [1.165, 1.54) is 244 Å². The van der Waals surface area contributed by atoms with Crippen molar-refractivity contribution in [3.8, 4) is 0 Å². The highest BCUT2D eigenvalue weighted by atomic mass is 31.2. The van der Waals surface area contributed by atoms with Gasteiger partial charge in [0.1, 0.15) is 19.3 Å². The van der Waals surface area contributed by atoms with Crippen molar-refractivity contribution in [2.24, 2.45) is 11.8 Å². The SMILES string of the molecule is CCCCCCCCCCCCCCCCCCCC(=O)OC[C@H](COP(=O)(O)OC[C@@H](O)COP(=O)(O)OC[C@@H](COC(=O)CCCCCCCCCCC(C)C)OC(=O)CCCCCCCCCCCCCCC(C)C)OC(=O)CCCCCCCCCCCCCCCCCCC. The van der Waals surface area contributed by atoms with Gasteiger partial charge in [0.05, 0.1) is 26.4 Å². The minimum Gasteiger partial charge on any atom is -0.462 e. The fraction of sp³-hybridized carbons (Fsp3) is 0.951. The van der Waals surface area contributed by atoms with Gasteiger partial charge in [0.2, 0.25) is 0 Å². The molecule has 5 atom stereocenters. The van der Waals surface area contributed by atoms with Crippen molar-refractivity contribution < 1.29 is 80.2 Å². The number of phosphoric ester groups is 2. The first-order valence-corrected chi connectivity index (χ1v) is 45.0. The number of ether oxygens (including phenoxy) is 4. The molecule has 0 amide bonds. The van der Waals surface area contributed by atoms with Crippen LogP contribution in [0.5, 0.6) is 0 Å². The van der Waals surface area contributed by atoms with E-state index < -0.39 is 97.5 Å². The van der Waals surface area contributed by atoms with Crippen molar-refractivity contribution in [3.63, 3.8) is 0 Å². The van der Waals surface area contributed by atoms with E-state index in [4.69, 9.17) is 37.0 Å². The summed E-state index contributed by atoms with van der Waals surface area (Å²) >= 11 is 0. The average molecular weight is 1470 g/mol. The molecule has 3 N–H and O–H groups in total. The molecular formula is C81H158O17P2. The van der Waals surface area contributed by atoms with Crippen LogP contribution in [-0.4, -0.2) is 96.7 Å². The van der Waals surface area contributed by atoms with E-state index in [0.717, 1.165) is 102 Å². The molecule has 594 valence electrons. The molecule has 0 aromatic carbocycles. The Bertz CT molecular complexity index is 1920. The molecule has 0 aromatic heterocycles. The lowest BCUT2D eigenvalue weighted by Gasteiger charge is -2.21. The molecule has 0 bridgehead atoms. The zero-order valence-corrected chi connectivity index (χ0v) is 67.3. The summed E-state index contributed by atoms with van der Waals surface area (Å²) in [6.45, 7) is 9.62. The van der Waals surface area contributed by atoms with Crippen LogP contribution in [0, 0.1) is 11.8 Å². The fourth-order valence-corrected chi connectivity index (χ4v) is 14.1. The average Bonchev–Trinajstić information content (AvgIpc) is 0.936. The number of carbonyl (C=O) groups excluding carboxylic acids is 4. The molecule has 0 saturated heterocycles. The smallest absolute Gasteiger partial charge is 0.462 e. The number of hydrogen-bond acceptors (Lipinski definition) is 15. The van der Waals surface area contributed by atoms with Crippen molar-refractivity contribution >= 4 is 39.5 Å². The topological polar surface area (TPSA) is 237 Å². The Hall–Kier alpha value is -1.94. The Kier molecular flexibility index (Phi) is 71.2. The van der Waals surface area contributed by atoms with Crippen LogP contribution in [0.3, 0.4) is 0 Å². The maximum Gasteiger partial charge on any atom is 0.472 e. The van der Waals surface area contributed by atoms with Gasteiger partial charge in [-0.15, -0.1) is 0 Å². The van der Waals surface area contributed by atoms with E-state index in [1.807, 2.05) is 0 Å². The minimum atomic E-state index is -4.96. The zero-order valence-electron chi connectivity index (χ0n) is 65.5. The van der Waals surface area contributed by atoms with Crippen LogP contribution in [0.4, 0.5) is 0 Å². The number of aliphatic hydroxyl groups is 1. The predicted molar refractivity (Wildman–Crippen MR) is 409 cm³/mol. The Balaban J connectivity index is 5.25. The summed E-state index contributed by atoms with van der Waals surface area (Å²) in [5.74, 6) is -0.605. The molecule has 0 spiro atoms. The Morgan fingerprint density at radius 1 is 0.270 bits per heavy atom. The first-order valence-electron chi connectivity index (χ1n) is 42.0. The summed E-state index contributed by atoms with van der Waals surface area (Å²) in [4.78, 5) is 73.1. The van der Waals surface area contributed by atoms with Gasteiger partial charge < -0.3 is 33.8 Å². The third-order valence-corrected chi connectivity index (χ3v) is 20.9. The van der Waals surface area contributed by atoms with Gasteiger partial charge in [-0.1, -0.05) is 375 Å². The molecule has 0 radical (unpaired) electrons. The van der Waals surface area contributed by atoms with E-state index in [0.29, 0.717) is 25.7 Å². The second-order valence-corrected chi connectivity index (χ2v) is 33.0. The lowest BCUT2D eigenvalue weighted by atomic mass is 10.0. The van der Waals surface area contributed by atoms with E-state index in [2.05, 4.69) is 41.5 Å². The van der Waals surface area contributed by atoms with Gasteiger partial charge >= 0.3 is 39.5 Å². The number of unbranched alkanes of at least 4 members (excludes halogenated alkanes) is 50. The molecule has 0 aromatic rings. The maximum absolute atomic E-state index is 13.1. The maximum atomic E-state index is 13.1. The lowest BCUT2D eigenvalue weighted by Crippen LogP contribution is -2.30.